The second-order valence-corrected chi connectivity index (χ2v) is 4.20. The number of benzene rings is 1. The van der Waals surface area contributed by atoms with Gasteiger partial charge in [0.05, 0.1) is 10.6 Å². The van der Waals surface area contributed by atoms with E-state index in [0.717, 1.165) is 18.2 Å². The third-order valence-electron chi connectivity index (χ3n) is 2.59. The van der Waals surface area contributed by atoms with Crippen molar-refractivity contribution in [2.75, 3.05) is 5.32 Å². The Labute approximate surface area is 119 Å². The van der Waals surface area contributed by atoms with Gasteiger partial charge in [0.25, 0.3) is 5.69 Å². The monoisotopic (exact) mass is 299 g/mol. The summed E-state index contributed by atoms with van der Waals surface area (Å²) in [6, 6.07) is 0.584. The van der Waals surface area contributed by atoms with Crippen LogP contribution in [0.25, 0.3) is 0 Å². The number of nitro groups is 1. The summed E-state index contributed by atoms with van der Waals surface area (Å²) in [5.41, 5.74) is -0.794. The molecule has 0 saturated carbocycles. The molecule has 0 spiro atoms. The molecule has 1 atom stereocenters. The lowest BCUT2D eigenvalue weighted by molar-refractivity contribution is -0.384. The van der Waals surface area contributed by atoms with Crippen LogP contribution in [0.5, 0.6) is 0 Å². The fourth-order valence-electron chi connectivity index (χ4n) is 1.59. The quantitative estimate of drug-likeness (QED) is 0.548. The van der Waals surface area contributed by atoms with Gasteiger partial charge >= 0.3 is 12.0 Å². The van der Waals surface area contributed by atoms with Crippen molar-refractivity contribution in [2.24, 2.45) is 0 Å². The highest BCUT2D eigenvalue weighted by Crippen LogP contribution is 2.21. The molecule has 0 radical (unpaired) electrons. The number of halogens is 1. The lowest BCUT2D eigenvalue weighted by Crippen LogP contribution is -2.43. The highest BCUT2D eigenvalue weighted by molar-refractivity contribution is 5.92. The SMILES string of the molecule is CCC[C@@H](NC(=O)Nc1cc([N+](=O)[O-])ccc1F)C(=O)O. The van der Waals surface area contributed by atoms with Crippen LogP contribution in [-0.2, 0) is 4.79 Å². The Morgan fingerprint density at radius 2 is 2.14 bits per heavy atom. The van der Waals surface area contributed by atoms with Crippen LogP contribution in [0.3, 0.4) is 0 Å². The van der Waals surface area contributed by atoms with Gasteiger partial charge in [-0.25, -0.2) is 14.0 Å². The number of carbonyl (C=O) groups excluding carboxylic acids is 1. The van der Waals surface area contributed by atoms with E-state index in [-0.39, 0.29) is 6.42 Å². The maximum Gasteiger partial charge on any atom is 0.326 e. The molecule has 0 heterocycles. The molecule has 0 aliphatic carbocycles. The molecule has 1 aromatic rings. The summed E-state index contributed by atoms with van der Waals surface area (Å²) in [5, 5.41) is 23.7. The first-order valence-corrected chi connectivity index (χ1v) is 6.09. The molecule has 21 heavy (non-hydrogen) atoms. The third-order valence-corrected chi connectivity index (χ3v) is 2.59. The van der Waals surface area contributed by atoms with Gasteiger partial charge in [0.1, 0.15) is 11.9 Å². The van der Waals surface area contributed by atoms with E-state index in [0.29, 0.717) is 6.42 Å². The van der Waals surface area contributed by atoms with Gasteiger partial charge in [-0.05, 0) is 12.5 Å². The van der Waals surface area contributed by atoms with Crippen molar-refractivity contribution >= 4 is 23.4 Å². The Morgan fingerprint density at radius 3 is 2.67 bits per heavy atom. The van der Waals surface area contributed by atoms with E-state index in [4.69, 9.17) is 5.11 Å². The van der Waals surface area contributed by atoms with Crippen molar-refractivity contribution in [3.63, 3.8) is 0 Å². The molecular formula is C12H14FN3O5. The van der Waals surface area contributed by atoms with Crippen LogP contribution in [0.2, 0.25) is 0 Å². The zero-order valence-corrected chi connectivity index (χ0v) is 11.1. The van der Waals surface area contributed by atoms with Crippen LogP contribution < -0.4 is 10.6 Å². The summed E-state index contributed by atoms with van der Waals surface area (Å²) >= 11 is 0. The fraction of sp³-hybridized carbons (Fsp3) is 0.333. The maximum absolute atomic E-state index is 13.5. The molecule has 9 heteroatoms. The minimum absolute atomic E-state index is 0.209. The third kappa shape index (κ3) is 4.71. The predicted molar refractivity (Wildman–Crippen MR) is 71.5 cm³/mol. The molecule has 0 saturated heterocycles. The van der Waals surface area contributed by atoms with E-state index in [2.05, 4.69) is 10.6 Å². The van der Waals surface area contributed by atoms with E-state index >= 15 is 0 Å². The van der Waals surface area contributed by atoms with Crippen molar-refractivity contribution < 1.29 is 24.0 Å². The maximum atomic E-state index is 13.5. The number of nitrogens with zero attached hydrogens (tertiary/aromatic N) is 1. The Hall–Kier alpha value is -2.71. The summed E-state index contributed by atoms with van der Waals surface area (Å²) in [7, 11) is 0. The number of aliphatic carboxylic acids is 1. The van der Waals surface area contributed by atoms with E-state index in [1.807, 2.05) is 0 Å². The number of hydrogen-bond acceptors (Lipinski definition) is 4. The summed E-state index contributed by atoms with van der Waals surface area (Å²) < 4.78 is 13.5. The number of nitro benzene ring substituents is 1. The number of carboxylic acids is 1. The van der Waals surface area contributed by atoms with Gasteiger partial charge in [-0.2, -0.15) is 0 Å². The minimum atomic E-state index is -1.22. The van der Waals surface area contributed by atoms with Crippen molar-refractivity contribution in [2.45, 2.75) is 25.8 Å². The zero-order valence-electron chi connectivity index (χ0n) is 11.1. The molecule has 1 aromatic carbocycles. The topological polar surface area (TPSA) is 122 Å². The fourth-order valence-corrected chi connectivity index (χ4v) is 1.59. The number of nitrogens with one attached hydrogen (secondary N) is 2. The van der Waals surface area contributed by atoms with Crippen LogP contribution in [0.1, 0.15) is 19.8 Å². The summed E-state index contributed by atoms with van der Waals surface area (Å²) in [6.45, 7) is 1.75. The van der Waals surface area contributed by atoms with Crippen LogP contribution in [0.15, 0.2) is 18.2 Å². The highest BCUT2D eigenvalue weighted by atomic mass is 19.1. The van der Waals surface area contributed by atoms with Crippen molar-refractivity contribution in [1.82, 2.24) is 5.32 Å². The van der Waals surface area contributed by atoms with Crippen LogP contribution in [0, 0.1) is 15.9 Å². The van der Waals surface area contributed by atoms with Crippen LogP contribution in [-0.4, -0.2) is 28.1 Å². The molecule has 0 unspecified atom stereocenters. The van der Waals surface area contributed by atoms with Gasteiger partial charge < -0.3 is 15.7 Å². The van der Waals surface area contributed by atoms with Crippen LogP contribution in [0.4, 0.5) is 20.6 Å². The first-order chi connectivity index (χ1) is 9.85. The number of anilines is 1. The summed E-state index contributed by atoms with van der Waals surface area (Å²) in [4.78, 5) is 32.3. The first kappa shape index (κ1) is 16.3. The minimum Gasteiger partial charge on any atom is -0.480 e. The highest BCUT2D eigenvalue weighted by Gasteiger charge is 2.20. The summed E-state index contributed by atoms with van der Waals surface area (Å²) in [5.74, 6) is -2.08. The van der Waals surface area contributed by atoms with Gasteiger partial charge in [-0.1, -0.05) is 13.3 Å². The Kier molecular flexibility index (Phi) is 5.58. The molecule has 114 valence electrons. The van der Waals surface area contributed by atoms with E-state index in [1.54, 1.807) is 6.92 Å². The molecule has 8 nitrogen and oxygen atoms in total. The smallest absolute Gasteiger partial charge is 0.326 e. The zero-order chi connectivity index (χ0) is 16.0. The Balaban J connectivity index is 2.80. The average Bonchev–Trinajstić information content (AvgIpc) is 2.40. The number of amides is 2. The molecule has 0 bridgehead atoms. The predicted octanol–water partition coefficient (Wildman–Crippen LogP) is 2.11. The second kappa shape index (κ2) is 7.17. The number of hydrogen-bond donors (Lipinski definition) is 3. The molecule has 0 fully saturated rings. The summed E-state index contributed by atoms with van der Waals surface area (Å²) in [6.07, 6.45) is 0.739. The van der Waals surface area contributed by atoms with Crippen molar-refractivity contribution in [3.05, 3.63) is 34.1 Å². The molecule has 3 N–H and O–H groups in total. The van der Waals surface area contributed by atoms with Crippen LogP contribution >= 0.6 is 0 Å². The average molecular weight is 299 g/mol. The van der Waals surface area contributed by atoms with Gasteiger partial charge in [0.2, 0.25) is 0 Å². The number of urea groups is 1. The van der Waals surface area contributed by atoms with Gasteiger partial charge in [-0.15, -0.1) is 0 Å². The lowest BCUT2D eigenvalue weighted by atomic mass is 10.2. The molecule has 0 aliphatic heterocycles. The standard InChI is InChI=1S/C12H14FN3O5/c1-2-3-9(11(17)18)14-12(19)15-10-6-7(16(20)21)4-5-8(10)13/h4-6,9H,2-3H2,1H3,(H,17,18)(H2,14,15,19)/t9-/m1/s1. The first-order valence-electron chi connectivity index (χ1n) is 6.09. The van der Waals surface area contributed by atoms with Gasteiger partial charge in [0.15, 0.2) is 0 Å². The molecule has 2 amide bonds. The van der Waals surface area contributed by atoms with Crippen molar-refractivity contribution in [1.29, 1.82) is 0 Å². The van der Waals surface area contributed by atoms with E-state index in [1.165, 1.54) is 0 Å². The lowest BCUT2D eigenvalue weighted by Gasteiger charge is -2.14. The Morgan fingerprint density at radius 1 is 1.48 bits per heavy atom. The number of non-ortho nitro benzene ring substituents is 1. The largest absolute Gasteiger partial charge is 0.480 e. The normalized spacial score (nSPS) is 11.5. The van der Waals surface area contributed by atoms with Gasteiger partial charge in [-0.3, -0.25) is 10.1 Å². The number of rotatable bonds is 6. The van der Waals surface area contributed by atoms with Crippen molar-refractivity contribution in [3.8, 4) is 0 Å². The van der Waals surface area contributed by atoms with Gasteiger partial charge in [0, 0.05) is 12.1 Å². The van der Waals surface area contributed by atoms with E-state index in [9.17, 15) is 24.1 Å². The van der Waals surface area contributed by atoms with E-state index < -0.39 is 40.2 Å². The number of carboxylic acid groups (broad SMARTS) is 1. The molecule has 0 aliphatic rings. The molecule has 0 aromatic heterocycles. The Bertz CT molecular complexity index is 564. The molecule has 1 rings (SSSR count). The number of carbonyl (C=O) groups is 2. The second-order valence-electron chi connectivity index (χ2n) is 4.20. The molecular weight excluding hydrogens is 285 g/mol.